The maximum absolute atomic E-state index is 5.24. The minimum absolute atomic E-state index is 0.615. The number of ether oxygens (including phenoxy) is 1. The Morgan fingerprint density at radius 1 is 1.31 bits per heavy atom. The Hall–Kier alpha value is -0.0800. The van der Waals surface area contributed by atoms with Crippen LogP contribution in [0.15, 0.2) is 0 Å². The second-order valence-corrected chi connectivity index (χ2v) is 4.47. The summed E-state index contributed by atoms with van der Waals surface area (Å²) in [7, 11) is 1.81. The highest BCUT2D eigenvalue weighted by Crippen LogP contribution is 2.31. The smallest absolute Gasteiger partial charge is 0.0493 e. The fourth-order valence-corrected chi connectivity index (χ4v) is 2.20. The van der Waals surface area contributed by atoms with Crippen molar-refractivity contribution >= 4 is 0 Å². The van der Waals surface area contributed by atoms with Gasteiger partial charge in [-0.2, -0.15) is 0 Å². The van der Waals surface area contributed by atoms with Gasteiger partial charge in [-0.15, -0.1) is 0 Å². The second kappa shape index (κ2) is 5.61. The number of rotatable bonds is 5. The van der Waals surface area contributed by atoms with E-state index in [1.54, 1.807) is 0 Å². The van der Waals surface area contributed by atoms with E-state index in [9.17, 15) is 0 Å². The van der Waals surface area contributed by atoms with Gasteiger partial charge in [0, 0.05) is 19.8 Å². The Morgan fingerprint density at radius 3 is 2.62 bits per heavy atom. The molecule has 0 bridgehead atoms. The molecule has 0 aromatic heterocycles. The number of nitrogens with one attached hydrogen (secondary N) is 1. The molecule has 78 valence electrons. The van der Waals surface area contributed by atoms with E-state index in [0.29, 0.717) is 6.04 Å². The quantitative estimate of drug-likeness (QED) is 0.708. The van der Waals surface area contributed by atoms with Crippen molar-refractivity contribution in [1.82, 2.24) is 5.32 Å². The Bertz CT molecular complexity index is 136. The van der Waals surface area contributed by atoms with Gasteiger partial charge in [0.05, 0.1) is 0 Å². The lowest BCUT2D eigenvalue weighted by atomic mass is 9.97. The van der Waals surface area contributed by atoms with Crippen LogP contribution in [0.1, 0.15) is 33.1 Å². The highest BCUT2D eigenvalue weighted by Gasteiger charge is 2.26. The molecule has 0 aromatic carbocycles. The Kier molecular flexibility index (Phi) is 4.74. The molecular weight excluding hydrogens is 162 g/mol. The molecule has 0 saturated heterocycles. The van der Waals surface area contributed by atoms with Crippen LogP contribution < -0.4 is 5.32 Å². The monoisotopic (exact) mass is 185 g/mol. The second-order valence-electron chi connectivity index (χ2n) is 4.47. The fourth-order valence-electron chi connectivity index (χ4n) is 2.20. The normalized spacial score (nSPS) is 28.6. The molecule has 2 unspecified atom stereocenters. The van der Waals surface area contributed by atoms with Gasteiger partial charge in [-0.25, -0.2) is 0 Å². The number of hydrogen-bond acceptors (Lipinski definition) is 2. The zero-order chi connectivity index (χ0) is 9.68. The molecular formula is C11H23NO. The average Bonchev–Trinajstić information content (AvgIpc) is 2.49. The first kappa shape index (κ1) is 11.0. The first-order valence-corrected chi connectivity index (χ1v) is 5.46. The SMILES string of the molecule is COCC1CCCC1CNC(C)C. The lowest BCUT2D eigenvalue weighted by molar-refractivity contribution is 0.131. The van der Waals surface area contributed by atoms with Crippen LogP contribution in [-0.4, -0.2) is 26.3 Å². The molecule has 1 N–H and O–H groups in total. The maximum Gasteiger partial charge on any atom is 0.0493 e. The van der Waals surface area contributed by atoms with Crippen LogP contribution in [0.2, 0.25) is 0 Å². The lowest BCUT2D eigenvalue weighted by Gasteiger charge is -2.20. The highest BCUT2D eigenvalue weighted by atomic mass is 16.5. The van der Waals surface area contributed by atoms with Gasteiger partial charge in [-0.1, -0.05) is 20.3 Å². The van der Waals surface area contributed by atoms with Gasteiger partial charge < -0.3 is 10.1 Å². The van der Waals surface area contributed by atoms with Crippen molar-refractivity contribution in [3.8, 4) is 0 Å². The molecule has 2 heteroatoms. The third-order valence-electron chi connectivity index (χ3n) is 2.99. The molecule has 1 aliphatic rings. The van der Waals surface area contributed by atoms with Crippen LogP contribution in [0.25, 0.3) is 0 Å². The van der Waals surface area contributed by atoms with Crippen molar-refractivity contribution in [1.29, 1.82) is 0 Å². The molecule has 0 heterocycles. The summed E-state index contributed by atoms with van der Waals surface area (Å²) in [6, 6.07) is 0.615. The van der Waals surface area contributed by atoms with Crippen LogP contribution in [0.5, 0.6) is 0 Å². The molecule has 13 heavy (non-hydrogen) atoms. The molecule has 1 rings (SSSR count). The molecule has 0 amide bonds. The van der Waals surface area contributed by atoms with E-state index < -0.39 is 0 Å². The molecule has 2 atom stereocenters. The summed E-state index contributed by atoms with van der Waals surface area (Å²) < 4.78 is 5.24. The van der Waals surface area contributed by atoms with Crippen molar-refractivity contribution in [3.63, 3.8) is 0 Å². The molecule has 1 aliphatic carbocycles. The van der Waals surface area contributed by atoms with E-state index >= 15 is 0 Å². The molecule has 0 spiro atoms. The van der Waals surface area contributed by atoms with Crippen LogP contribution in [-0.2, 0) is 4.74 Å². The first-order valence-electron chi connectivity index (χ1n) is 5.46. The fraction of sp³-hybridized carbons (Fsp3) is 1.00. The first-order chi connectivity index (χ1) is 6.24. The third kappa shape index (κ3) is 3.65. The topological polar surface area (TPSA) is 21.3 Å². The van der Waals surface area contributed by atoms with Crippen molar-refractivity contribution < 1.29 is 4.74 Å². The summed E-state index contributed by atoms with van der Waals surface area (Å²) in [6.45, 7) is 6.54. The van der Waals surface area contributed by atoms with Crippen molar-refractivity contribution in [2.24, 2.45) is 11.8 Å². The molecule has 1 saturated carbocycles. The standard InChI is InChI=1S/C11H23NO/c1-9(2)12-7-10-5-4-6-11(10)8-13-3/h9-12H,4-8H2,1-3H3. The van der Waals surface area contributed by atoms with E-state index in [2.05, 4.69) is 19.2 Å². The van der Waals surface area contributed by atoms with Crippen molar-refractivity contribution in [2.75, 3.05) is 20.3 Å². The minimum Gasteiger partial charge on any atom is -0.384 e. The zero-order valence-electron chi connectivity index (χ0n) is 9.18. The summed E-state index contributed by atoms with van der Waals surface area (Å²) >= 11 is 0. The van der Waals surface area contributed by atoms with E-state index in [0.717, 1.165) is 18.4 Å². The predicted molar refractivity (Wildman–Crippen MR) is 55.8 cm³/mol. The van der Waals surface area contributed by atoms with Crippen LogP contribution in [0.4, 0.5) is 0 Å². The predicted octanol–water partition coefficient (Wildman–Crippen LogP) is 2.05. The minimum atomic E-state index is 0.615. The van der Waals surface area contributed by atoms with Gasteiger partial charge in [0.25, 0.3) is 0 Å². The van der Waals surface area contributed by atoms with Crippen LogP contribution in [0.3, 0.4) is 0 Å². The Labute approximate surface area is 82.0 Å². The summed E-state index contributed by atoms with van der Waals surface area (Å²) in [6.07, 6.45) is 4.13. The summed E-state index contributed by atoms with van der Waals surface area (Å²) in [4.78, 5) is 0. The van der Waals surface area contributed by atoms with Crippen molar-refractivity contribution in [2.45, 2.75) is 39.2 Å². The van der Waals surface area contributed by atoms with Gasteiger partial charge in [-0.05, 0) is 31.2 Å². The molecule has 0 radical (unpaired) electrons. The molecule has 0 aliphatic heterocycles. The van der Waals surface area contributed by atoms with Crippen molar-refractivity contribution in [3.05, 3.63) is 0 Å². The van der Waals surface area contributed by atoms with Gasteiger partial charge in [0.15, 0.2) is 0 Å². The van der Waals surface area contributed by atoms with E-state index in [1.807, 2.05) is 7.11 Å². The van der Waals surface area contributed by atoms with Crippen LogP contribution in [0, 0.1) is 11.8 Å². The molecule has 1 fully saturated rings. The van der Waals surface area contributed by atoms with E-state index in [4.69, 9.17) is 4.74 Å². The van der Waals surface area contributed by atoms with Crippen LogP contribution >= 0.6 is 0 Å². The Balaban J connectivity index is 2.22. The van der Waals surface area contributed by atoms with E-state index in [-0.39, 0.29) is 0 Å². The number of hydrogen-bond donors (Lipinski definition) is 1. The summed E-state index contributed by atoms with van der Waals surface area (Å²) in [5.74, 6) is 1.65. The zero-order valence-corrected chi connectivity index (χ0v) is 9.18. The van der Waals surface area contributed by atoms with Gasteiger partial charge in [0.2, 0.25) is 0 Å². The highest BCUT2D eigenvalue weighted by molar-refractivity contribution is 4.79. The van der Waals surface area contributed by atoms with Gasteiger partial charge >= 0.3 is 0 Å². The average molecular weight is 185 g/mol. The van der Waals surface area contributed by atoms with E-state index in [1.165, 1.54) is 25.8 Å². The summed E-state index contributed by atoms with van der Waals surface area (Å²) in [5, 5.41) is 3.52. The summed E-state index contributed by atoms with van der Waals surface area (Å²) in [5.41, 5.74) is 0. The maximum atomic E-state index is 5.24. The molecule has 2 nitrogen and oxygen atoms in total. The largest absolute Gasteiger partial charge is 0.384 e. The number of methoxy groups -OCH3 is 1. The third-order valence-corrected chi connectivity index (χ3v) is 2.99. The molecule has 0 aromatic rings. The lowest BCUT2D eigenvalue weighted by Crippen LogP contribution is -2.31. The van der Waals surface area contributed by atoms with Gasteiger partial charge in [-0.3, -0.25) is 0 Å². The Morgan fingerprint density at radius 2 is 2.00 bits per heavy atom. The van der Waals surface area contributed by atoms with Gasteiger partial charge in [0.1, 0.15) is 0 Å².